The molecule has 1 spiro atoms. The summed E-state index contributed by atoms with van der Waals surface area (Å²) in [6.45, 7) is 14.1. The molecule has 0 saturated carbocycles. The number of piperidine rings is 1. The zero-order valence-electron chi connectivity index (χ0n) is 33.9. The average molecular weight is 791 g/mol. The number of aliphatic hydroxyl groups is 2. The number of nitrogens with one attached hydrogen (secondary N) is 2. The highest BCUT2D eigenvalue weighted by Gasteiger charge is 2.50. The highest BCUT2D eigenvalue weighted by molar-refractivity contribution is 6.21. The number of rotatable bonds is 2. The van der Waals surface area contributed by atoms with Crippen molar-refractivity contribution in [3.05, 3.63) is 58.0 Å². The number of benzene rings is 2. The Morgan fingerprint density at radius 2 is 1.63 bits per heavy atom. The topological polar surface area (TPSA) is 218 Å². The van der Waals surface area contributed by atoms with Crippen molar-refractivity contribution < 1.29 is 53.8 Å². The Labute approximate surface area is 331 Å². The van der Waals surface area contributed by atoms with E-state index in [1.165, 1.54) is 33.3 Å². The lowest BCUT2D eigenvalue weighted by atomic mass is 9.78. The van der Waals surface area contributed by atoms with Gasteiger partial charge in [0.25, 0.3) is 11.7 Å². The van der Waals surface area contributed by atoms with Crippen molar-refractivity contribution in [3.8, 4) is 17.2 Å². The number of carbonyl (C=O) groups excluding carboxylic acids is 3. The Morgan fingerprint density at radius 1 is 0.947 bits per heavy atom. The third kappa shape index (κ3) is 7.41. The van der Waals surface area contributed by atoms with Crippen molar-refractivity contribution in [2.45, 2.75) is 104 Å². The number of aliphatic hydroxyl groups excluding tert-OH is 2. The highest BCUT2D eigenvalue weighted by atomic mass is 16.7. The number of aromatic hydroxyl groups is 2. The Balaban J connectivity index is 1.57. The van der Waals surface area contributed by atoms with Gasteiger partial charge in [-0.2, -0.15) is 0 Å². The lowest BCUT2D eigenvalue weighted by Gasteiger charge is -2.38. The second kappa shape index (κ2) is 15.8. The first-order valence-corrected chi connectivity index (χ1v) is 19.4. The first kappa shape index (κ1) is 41.8. The van der Waals surface area contributed by atoms with Crippen molar-refractivity contribution >= 4 is 34.1 Å². The Bertz CT molecular complexity index is 2190. The molecule has 15 heteroatoms. The SMILES string of the molecule is COC1C=COC2(C)Oc3c(C)c(O)c4c(O)c(c5c(c4c3C2=O)NC2(CCNCC2)N=5)=NC(=O)/C(C)=C\C=C/C(C)C(O)C(C)C(O)C(C)C(OC(C)=O)C1C. The van der Waals surface area contributed by atoms with Gasteiger partial charge in [-0.25, -0.2) is 4.99 Å². The molecule has 2 aromatic rings. The number of ether oxygens (including phenoxy) is 4. The van der Waals surface area contributed by atoms with Crippen LogP contribution in [0.3, 0.4) is 0 Å². The minimum Gasteiger partial charge on any atom is -0.507 e. The number of ketones is 1. The molecule has 9 atom stereocenters. The number of phenols is 2. The smallest absolute Gasteiger partial charge is 0.312 e. The third-order valence-electron chi connectivity index (χ3n) is 12.0. The first-order valence-electron chi connectivity index (χ1n) is 19.4. The summed E-state index contributed by atoms with van der Waals surface area (Å²) in [5.41, 5.74) is -0.131. The van der Waals surface area contributed by atoms with Gasteiger partial charge in [0.15, 0.2) is 5.75 Å². The van der Waals surface area contributed by atoms with E-state index in [-0.39, 0.29) is 49.7 Å². The van der Waals surface area contributed by atoms with Gasteiger partial charge >= 0.3 is 11.8 Å². The van der Waals surface area contributed by atoms with Crippen LogP contribution in [0.25, 0.3) is 10.8 Å². The number of hydrogen-bond donors (Lipinski definition) is 6. The van der Waals surface area contributed by atoms with Gasteiger partial charge in [0.2, 0.25) is 0 Å². The van der Waals surface area contributed by atoms with Gasteiger partial charge < -0.3 is 50.0 Å². The van der Waals surface area contributed by atoms with E-state index < -0.39 is 82.9 Å². The number of nitrogens with zero attached hydrogens (tertiary/aromatic N) is 2. The summed E-state index contributed by atoms with van der Waals surface area (Å²) < 4.78 is 23.8. The van der Waals surface area contributed by atoms with Crippen molar-refractivity contribution in [1.82, 2.24) is 5.32 Å². The molecule has 15 nitrogen and oxygen atoms in total. The molecule has 0 aromatic heterocycles. The van der Waals surface area contributed by atoms with Crippen LogP contribution in [0.2, 0.25) is 0 Å². The first-order chi connectivity index (χ1) is 26.9. The van der Waals surface area contributed by atoms with Crippen LogP contribution in [0.1, 0.15) is 77.2 Å². The molecule has 6 rings (SSSR count). The lowest BCUT2D eigenvalue weighted by Crippen LogP contribution is -2.46. The van der Waals surface area contributed by atoms with Gasteiger partial charge in [-0.05, 0) is 33.0 Å². The molecule has 1 amide bonds. The van der Waals surface area contributed by atoms with Crippen molar-refractivity contribution in [1.29, 1.82) is 0 Å². The molecule has 4 bridgehead atoms. The molecule has 9 unspecified atom stereocenters. The number of amides is 1. The number of allylic oxidation sites excluding steroid dienone is 2. The summed E-state index contributed by atoms with van der Waals surface area (Å²) in [5.74, 6) is -7.05. The zero-order chi connectivity index (χ0) is 41.7. The summed E-state index contributed by atoms with van der Waals surface area (Å²) >= 11 is 0. The maximum absolute atomic E-state index is 14.6. The summed E-state index contributed by atoms with van der Waals surface area (Å²) in [4.78, 5) is 50.0. The van der Waals surface area contributed by atoms with Gasteiger partial charge in [0, 0.05) is 74.0 Å². The van der Waals surface area contributed by atoms with Crippen LogP contribution in [0, 0.1) is 30.6 Å². The van der Waals surface area contributed by atoms with E-state index in [0.29, 0.717) is 31.6 Å². The lowest BCUT2D eigenvalue weighted by molar-refractivity contribution is -0.160. The van der Waals surface area contributed by atoms with E-state index >= 15 is 0 Å². The Hall–Kier alpha value is -4.83. The van der Waals surface area contributed by atoms with Gasteiger partial charge in [0.05, 0.1) is 41.2 Å². The van der Waals surface area contributed by atoms with Crippen LogP contribution in [-0.4, -0.2) is 94.2 Å². The van der Waals surface area contributed by atoms with Crippen LogP contribution >= 0.6 is 0 Å². The molecule has 6 N–H and O–H groups in total. The number of phenolic OH excluding ortho intramolecular Hbond substituents is 2. The maximum atomic E-state index is 14.6. The second-order valence-corrected chi connectivity index (χ2v) is 16.0. The van der Waals surface area contributed by atoms with E-state index in [9.17, 15) is 34.8 Å². The molecule has 308 valence electrons. The zero-order valence-corrected chi connectivity index (χ0v) is 33.9. The molecule has 4 aliphatic rings. The van der Waals surface area contributed by atoms with Crippen LogP contribution in [0.5, 0.6) is 17.2 Å². The molecule has 4 aliphatic heterocycles. The number of carbonyl (C=O) groups is 3. The number of fused-ring (bicyclic) bond motifs is 1. The predicted molar refractivity (Wildman–Crippen MR) is 209 cm³/mol. The maximum Gasteiger partial charge on any atom is 0.312 e. The van der Waals surface area contributed by atoms with Gasteiger partial charge in [0.1, 0.15) is 34.0 Å². The summed E-state index contributed by atoms with van der Waals surface area (Å²) in [5, 5.41) is 53.4. The van der Waals surface area contributed by atoms with Crippen LogP contribution in [0.4, 0.5) is 5.69 Å². The molecule has 1 fully saturated rings. The molecule has 2 aromatic carbocycles. The summed E-state index contributed by atoms with van der Waals surface area (Å²) in [6, 6.07) is 0. The number of anilines is 1. The number of methoxy groups -OCH3 is 1. The number of hydrogen-bond acceptors (Lipinski definition) is 14. The fourth-order valence-electron chi connectivity index (χ4n) is 8.46. The average Bonchev–Trinajstić information content (AvgIpc) is 3.67. The normalized spacial score (nSPS) is 33.1. The highest BCUT2D eigenvalue weighted by Crippen LogP contribution is 2.51. The van der Waals surface area contributed by atoms with E-state index in [4.69, 9.17) is 23.9 Å². The quantitative estimate of drug-likeness (QED) is 0.190. The number of Topliss-reactive ketones (excluding diaryl/α,β-unsaturated/α-hetero) is 1. The molecule has 0 aliphatic carbocycles. The minimum absolute atomic E-state index is 0.0461. The van der Waals surface area contributed by atoms with Crippen molar-refractivity contribution in [3.63, 3.8) is 0 Å². The Kier molecular flexibility index (Phi) is 11.6. The molecule has 57 heavy (non-hydrogen) atoms. The molecule has 1 saturated heterocycles. The van der Waals surface area contributed by atoms with Gasteiger partial charge in [-0.1, -0.05) is 45.9 Å². The van der Waals surface area contributed by atoms with E-state index in [0.717, 1.165) is 0 Å². The predicted octanol–water partition coefficient (Wildman–Crippen LogP) is 3.38. The second-order valence-electron chi connectivity index (χ2n) is 16.0. The standard InChI is InChI=1S/C42H54N4O11/c1-19-11-10-12-20(2)40(53)44-32-31-30(45-42(46-31)14-16-43-17-15-42)27-28(36(32)51)35(50)24(6)38-29(27)39(52)41(8,57-38)55-18-13-26(54-9)21(3)37(56-25(7)47)23(5)34(49)22(4)33(19)48/h10-13,18-19,21-23,26,33-34,37,43,45,48-51H,14-17H2,1-9H3/b11-10-,18-13?,20-12-,44-32?. The van der Waals surface area contributed by atoms with E-state index in [1.807, 2.05) is 0 Å². The monoisotopic (exact) mass is 790 g/mol. The molecule has 4 heterocycles. The summed E-state index contributed by atoms with van der Waals surface area (Å²) in [6.07, 6.45) is 4.96. The minimum atomic E-state index is -1.94. The fourth-order valence-corrected chi connectivity index (χ4v) is 8.46. The van der Waals surface area contributed by atoms with Crippen molar-refractivity contribution in [2.75, 3.05) is 25.5 Å². The van der Waals surface area contributed by atoms with Crippen LogP contribution in [0.15, 0.2) is 46.1 Å². The van der Waals surface area contributed by atoms with Crippen molar-refractivity contribution in [2.24, 2.45) is 33.7 Å². The van der Waals surface area contributed by atoms with Crippen LogP contribution < -0.4 is 26.1 Å². The number of esters is 1. The van der Waals surface area contributed by atoms with E-state index in [2.05, 4.69) is 15.6 Å². The largest absolute Gasteiger partial charge is 0.507 e. The van der Waals surface area contributed by atoms with Crippen LogP contribution in [-0.2, 0) is 23.8 Å². The molecule has 0 radical (unpaired) electrons. The fraction of sp³-hybridized carbons (Fsp3) is 0.548. The van der Waals surface area contributed by atoms with Gasteiger partial charge in [-0.3, -0.25) is 19.4 Å². The Morgan fingerprint density at radius 3 is 2.28 bits per heavy atom. The summed E-state index contributed by atoms with van der Waals surface area (Å²) in [7, 11) is 1.46. The van der Waals surface area contributed by atoms with E-state index in [1.54, 1.807) is 59.8 Å². The molecular weight excluding hydrogens is 736 g/mol. The molecular formula is C42H54N4O11. The van der Waals surface area contributed by atoms with Gasteiger partial charge in [-0.15, -0.1) is 0 Å². The third-order valence-corrected chi connectivity index (χ3v) is 12.0.